The Hall–Kier alpha value is -3.46. The first-order valence-corrected chi connectivity index (χ1v) is 7.10. The number of rotatable bonds is 4. The third kappa shape index (κ3) is 4.52. The fourth-order valence-electron chi connectivity index (χ4n) is 1.90. The van der Waals surface area contributed by atoms with Crippen LogP contribution in [0.25, 0.3) is 0 Å². The molecule has 6 nitrogen and oxygen atoms in total. The van der Waals surface area contributed by atoms with Gasteiger partial charge < -0.3 is 5.32 Å². The van der Waals surface area contributed by atoms with E-state index >= 15 is 0 Å². The number of hydrogen-bond donors (Lipinski definition) is 1. The molecule has 0 aromatic heterocycles. The molecule has 24 heavy (non-hydrogen) atoms. The number of amides is 1. The van der Waals surface area contributed by atoms with Crippen LogP contribution in [0.15, 0.2) is 48.5 Å². The fourth-order valence-corrected chi connectivity index (χ4v) is 1.90. The maximum absolute atomic E-state index is 11.9. The van der Waals surface area contributed by atoms with Crippen molar-refractivity contribution in [3.63, 3.8) is 0 Å². The molecule has 2 rings (SSSR count). The van der Waals surface area contributed by atoms with E-state index in [1.165, 1.54) is 31.2 Å². The minimum Gasteiger partial charge on any atom is -0.341 e. The molecular formula is C18H14N2O4. The van der Waals surface area contributed by atoms with E-state index in [0.717, 1.165) is 5.56 Å². The van der Waals surface area contributed by atoms with Crippen LogP contribution in [0.1, 0.15) is 33.2 Å². The topological polar surface area (TPSA) is 89.3 Å². The van der Waals surface area contributed by atoms with Crippen molar-refractivity contribution in [2.24, 2.45) is 0 Å². The highest BCUT2D eigenvalue weighted by Gasteiger charge is 2.08. The average Bonchev–Trinajstić information content (AvgIpc) is 2.59. The summed E-state index contributed by atoms with van der Waals surface area (Å²) in [6, 6.07) is 12.2. The van der Waals surface area contributed by atoms with E-state index in [4.69, 9.17) is 0 Å². The van der Waals surface area contributed by atoms with E-state index in [9.17, 15) is 19.7 Å². The molecule has 0 atom stereocenters. The number of nitrogens with zero attached hydrogens (tertiary/aromatic N) is 1. The zero-order chi connectivity index (χ0) is 17.5. The summed E-state index contributed by atoms with van der Waals surface area (Å²) in [5.74, 6) is 5.32. The Kier molecular flexibility index (Phi) is 5.42. The molecule has 0 bridgehead atoms. The molecule has 2 aromatic carbocycles. The van der Waals surface area contributed by atoms with Crippen LogP contribution in [0, 0.1) is 22.0 Å². The van der Waals surface area contributed by atoms with Gasteiger partial charge in [-0.25, -0.2) is 0 Å². The van der Waals surface area contributed by atoms with Crippen LogP contribution in [0.2, 0.25) is 0 Å². The van der Waals surface area contributed by atoms with E-state index in [0.29, 0.717) is 11.1 Å². The van der Waals surface area contributed by atoms with Gasteiger partial charge in [0.1, 0.15) is 0 Å². The Bertz CT molecular complexity index is 828. The standard InChI is InChI=1S/C18H14N2O4/c1-13(21)15-6-4-14(5-7-15)3-2-12-19-18(22)16-8-10-17(11-9-16)20(23)24/h4-11H,12H2,1H3,(H,19,22). The fraction of sp³-hybridized carbons (Fsp3) is 0.111. The number of carbonyl (C=O) groups excluding carboxylic acids is 2. The summed E-state index contributed by atoms with van der Waals surface area (Å²) in [5.41, 5.74) is 1.62. The molecule has 0 heterocycles. The smallest absolute Gasteiger partial charge is 0.269 e. The summed E-state index contributed by atoms with van der Waals surface area (Å²) in [6.07, 6.45) is 0. The summed E-state index contributed by atoms with van der Waals surface area (Å²) in [5, 5.41) is 13.2. The lowest BCUT2D eigenvalue weighted by Crippen LogP contribution is -2.23. The van der Waals surface area contributed by atoms with Crippen LogP contribution in [0.4, 0.5) is 5.69 Å². The predicted molar refractivity (Wildman–Crippen MR) is 88.8 cm³/mol. The molecule has 0 unspecified atom stereocenters. The molecule has 6 heteroatoms. The Morgan fingerprint density at radius 1 is 1.04 bits per heavy atom. The van der Waals surface area contributed by atoms with Gasteiger partial charge in [0, 0.05) is 28.8 Å². The van der Waals surface area contributed by atoms with Gasteiger partial charge in [-0.2, -0.15) is 0 Å². The van der Waals surface area contributed by atoms with Gasteiger partial charge in [0.05, 0.1) is 11.5 Å². The van der Waals surface area contributed by atoms with Gasteiger partial charge in [-0.3, -0.25) is 19.7 Å². The van der Waals surface area contributed by atoms with E-state index in [2.05, 4.69) is 17.2 Å². The van der Waals surface area contributed by atoms with Crippen molar-refractivity contribution in [3.05, 3.63) is 75.3 Å². The Balaban J connectivity index is 1.90. The largest absolute Gasteiger partial charge is 0.341 e. The van der Waals surface area contributed by atoms with Crippen LogP contribution < -0.4 is 5.32 Å². The maximum atomic E-state index is 11.9. The van der Waals surface area contributed by atoms with E-state index in [-0.39, 0.29) is 23.9 Å². The molecule has 1 amide bonds. The molecule has 0 aliphatic heterocycles. The Morgan fingerprint density at radius 2 is 1.62 bits per heavy atom. The number of carbonyl (C=O) groups is 2. The number of benzene rings is 2. The zero-order valence-corrected chi connectivity index (χ0v) is 12.9. The van der Waals surface area contributed by atoms with Crippen molar-refractivity contribution < 1.29 is 14.5 Å². The molecule has 0 fully saturated rings. The number of Topliss-reactive ketones (excluding diaryl/α,β-unsaturated/α-hetero) is 1. The second-order valence-corrected chi connectivity index (χ2v) is 4.92. The summed E-state index contributed by atoms with van der Waals surface area (Å²) in [4.78, 5) is 33.1. The third-order valence-corrected chi connectivity index (χ3v) is 3.20. The first kappa shape index (κ1) is 16.9. The van der Waals surface area contributed by atoms with Crippen molar-refractivity contribution in [2.45, 2.75) is 6.92 Å². The van der Waals surface area contributed by atoms with Crippen LogP contribution in [-0.2, 0) is 0 Å². The minimum absolute atomic E-state index is 0.00938. The van der Waals surface area contributed by atoms with E-state index in [1.54, 1.807) is 24.3 Å². The number of nitro groups is 1. The molecule has 0 spiro atoms. The monoisotopic (exact) mass is 322 g/mol. The summed E-state index contributed by atoms with van der Waals surface area (Å²) in [6.45, 7) is 1.64. The third-order valence-electron chi connectivity index (χ3n) is 3.20. The maximum Gasteiger partial charge on any atom is 0.269 e. The van der Waals surface area contributed by atoms with Gasteiger partial charge in [0.25, 0.3) is 11.6 Å². The number of ketones is 1. The average molecular weight is 322 g/mol. The minimum atomic E-state index is -0.523. The molecule has 0 radical (unpaired) electrons. The quantitative estimate of drug-likeness (QED) is 0.405. The van der Waals surface area contributed by atoms with Crippen LogP contribution >= 0.6 is 0 Å². The van der Waals surface area contributed by atoms with Gasteiger partial charge in [-0.15, -0.1) is 0 Å². The van der Waals surface area contributed by atoms with E-state index < -0.39 is 4.92 Å². The van der Waals surface area contributed by atoms with Crippen molar-refractivity contribution in [1.29, 1.82) is 0 Å². The molecule has 1 N–H and O–H groups in total. The number of hydrogen-bond acceptors (Lipinski definition) is 4. The lowest BCUT2D eigenvalue weighted by Gasteiger charge is -2.00. The highest BCUT2D eigenvalue weighted by atomic mass is 16.6. The van der Waals surface area contributed by atoms with Crippen molar-refractivity contribution in [3.8, 4) is 11.8 Å². The van der Waals surface area contributed by atoms with E-state index in [1.807, 2.05) is 0 Å². The molecule has 0 saturated carbocycles. The van der Waals surface area contributed by atoms with Crippen molar-refractivity contribution in [2.75, 3.05) is 6.54 Å². The lowest BCUT2D eigenvalue weighted by atomic mass is 10.1. The SMILES string of the molecule is CC(=O)c1ccc(C#CCNC(=O)c2ccc([N+](=O)[O-])cc2)cc1. The van der Waals surface area contributed by atoms with Crippen molar-refractivity contribution in [1.82, 2.24) is 5.32 Å². The lowest BCUT2D eigenvalue weighted by molar-refractivity contribution is -0.384. The molecule has 0 aliphatic rings. The Labute approximate surface area is 138 Å². The summed E-state index contributed by atoms with van der Waals surface area (Å²) in [7, 11) is 0. The van der Waals surface area contributed by atoms with Gasteiger partial charge >= 0.3 is 0 Å². The molecule has 0 aliphatic carbocycles. The van der Waals surface area contributed by atoms with Gasteiger partial charge in [-0.1, -0.05) is 24.0 Å². The Morgan fingerprint density at radius 3 is 2.17 bits per heavy atom. The van der Waals surface area contributed by atoms with Gasteiger partial charge in [-0.05, 0) is 31.2 Å². The molecule has 0 saturated heterocycles. The summed E-state index contributed by atoms with van der Waals surface area (Å²) < 4.78 is 0. The van der Waals surface area contributed by atoms with Crippen LogP contribution in [0.5, 0.6) is 0 Å². The molecule has 2 aromatic rings. The first-order valence-electron chi connectivity index (χ1n) is 7.10. The van der Waals surface area contributed by atoms with Gasteiger partial charge in [0.2, 0.25) is 0 Å². The van der Waals surface area contributed by atoms with Gasteiger partial charge in [0.15, 0.2) is 5.78 Å². The molecule has 120 valence electrons. The highest BCUT2D eigenvalue weighted by molar-refractivity contribution is 5.94. The first-order chi connectivity index (χ1) is 11.5. The van der Waals surface area contributed by atoms with Crippen LogP contribution in [0.3, 0.4) is 0 Å². The number of non-ortho nitro benzene ring substituents is 1. The second-order valence-electron chi connectivity index (χ2n) is 4.92. The van der Waals surface area contributed by atoms with Crippen LogP contribution in [-0.4, -0.2) is 23.2 Å². The second kappa shape index (κ2) is 7.70. The number of nitro benzene ring substituents is 1. The predicted octanol–water partition coefficient (Wildman–Crippen LogP) is 2.58. The number of nitrogens with one attached hydrogen (secondary N) is 1. The normalized spacial score (nSPS) is 9.54. The summed E-state index contributed by atoms with van der Waals surface area (Å²) >= 11 is 0. The molecular weight excluding hydrogens is 308 g/mol. The zero-order valence-electron chi connectivity index (χ0n) is 12.9. The highest BCUT2D eigenvalue weighted by Crippen LogP contribution is 2.11. The van der Waals surface area contributed by atoms with Crippen molar-refractivity contribution >= 4 is 17.4 Å².